The molecule has 0 radical (unpaired) electrons. The highest BCUT2D eigenvalue weighted by atomic mass is 16.7. The molecule has 0 unspecified atom stereocenters. The average Bonchev–Trinajstić information content (AvgIpc) is 3.70. The van der Waals surface area contributed by atoms with Gasteiger partial charge < -0.3 is 44.5 Å². The fourth-order valence-electron chi connectivity index (χ4n) is 5.85. The zero-order chi connectivity index (χ0) is 31.9. The van der Waals surface area contributed by atoms with Gasteiger partial charge in [0.1, 0.15) is 5.75 Å². The van der Waals surface area contributed by atoms with Gasteiger partial charge in [-0.05, 0) is 89.2 Å². The summed E-state index contributed by atoms with van der Waals surface area (Å²) in [6.45, 7) is 8.81. The van der Waals surface area contributed by atoms with Crippen LogP contribution in [0.2, 0.25) is 0 Å². The number of hydrogen-bond donors (Lipinski definition) is 3. The molecule has 0 bridgehead atoms. The van der Waals surface area contributed by atoms with E-state index in [0.29, 0.717) is 47.3 Å². The number of aliphatic hydroxyl groups excluding tert-OH is 1. The Morgan fingerprint density at radius 3 is 2.44 bits per heavy atom. The van der Waals surface area contributed by atoms with E-state index in [4.69, 9.17) is 18.9 Å². The van der Waals surface area contributed by atoms with Gasteiger partial charge in [0.25, 0.3) is 5.91 Å². The first kappa shape index (κ1) is 32.8. The number of hydrogen-bond acceptors (Lipinski definition) is 8. The van der Waals surface area contributed by atoms with Crippen molar-refractivity contribution < 1.29 is 33.6 Å². The highest BCUT2D eigenvalue weighted by Gasteiger charge is 2.31. The number of rotatable bonds is 8. The molecule has 5 rings (SSSR count). The van der Waals surface area contributed by atoms with Crippen molar-refractivity contribution in [3.63, 3.8) is 0 Å². The van der Waals surface area contributed by atoms with Crippen LogP contribution in [0.25, 0.3) is 0 Å². The van der Waals surface area contributed by atoms with Crippen LogP contribution in [0.5, 0.6) is 17.2 Å². The van der Waals surface area contributed by atoms with E-state index in [1.165, 1.54) is 12.8 Å². The van der Waals surface area contributed by atoms with Crippen molar-refractivity contribution in [3.8, 4) is 17.2 Å². The van der Waals surface area contributed by atoms with Crippen molar-refractivity contribution in [3.05, 3.63) is 42.0 Å². The zero-order valence-electron chi connectivity index (χ0n) is 26.9. The molecule has 246 valence electrons. The van der Waals surface area contributed by atoms with E-state index < -0.39 is 12.1 Å². The Labute approximate surface area is 266 Å². The van der Waals surface area contributed by atoms with Crippen LogP contribution in [0, 0.1) is 11.8 Å². The van der Waals surface area contributed by atoms with E-state index in [1.54, 1.807) is 41.3 Å². The number of benzene rings is 2. The number of carbonyl (C=O) groups is 2. The summed E-state index contributed by atoms with van der Waals surface area (Å²) in [5, 5.41) is 15.8. The van der Waals surface area contributed by atoms with E-state index in [1.807, 2.05) is 13.8 Å². The SMILES string of the molecule is C[C@@H]1CCCCO[C@H](CN(C)CC2CC2)[C@@H](C)CN([C@H](C)CO)C(=O)c2cc(NC(=O)Nc3ccc4c(c3)OCO4)ccc2O1. The number of likely N-dealkylation sites (N-methyl/N-ethyl adjacent to an activating group) is 1. The Bertz CT molecular complexity index is 1320. The highest BCUT2D eigenvalue weighted by Crippen LogP contribution is 2.34. The highest BCUT2D eigenvalue weighted by molar-refractivity contribution is 6.02. The van der Waals surface area contributed by atoms with Crippen LogP contribution in [-0.4, -0.2) is 91.8 Å². The summed E-state index contributed by atoms with van der Waals surface area (Å²) >= 11 is 0. The third-order valence-electron chi connectivity index (χ3n) is 8.70. The zero-order valence-corrected chi connectivity index (χ0v) is 26.9. The van der Waals surface area contributed by atoms with Gasteiger partial charge in [-0.2, -0.15) is 0 Å². The average molecular weight is 625 g/mol. The molecule has 2 aliphatic heterocycles. The number of amides is 3. The van der Waals surface area contributed by atoms with Crippen molar-refractivity contribution in [1.82, 2.24) is 9.80 Å². The molecule has 4 atom stereocenters. The number of nitrogens with zero attached hydrogens (tertiary/aromatic N) is 2. The summed E-state index contributed by atoms with van der Waals surface area (Å²) in [5.74, 6) is 2.16. The summed E-state index contributed by atoms with van der Waals surface area (Å²) in [6, 6.07) is 9.35. The van der Waals surface area contributed by atoms with Crippen LogP contribution >= 0.6 is 0 Å². The van der Waals surface area contributed by atoms with Gasteiger partial charge in [-0.3, -0.25) is 4.79 Å². The Balaban J connectivity index is 1.37. The summed E-state index contributed by atoms with van der Waals surface area (Å²) < 4.78 is 23.5. The molecular formula is C34H48N4O7. The van der Waals surface area contributed by atoms with Gasteiger partial charge in [0, 0.05) is 49.6 Å². The van der Waals surface area contributed by atoms with Gasteiger partial charge in [0.15, 0.2) is 11.5 Å². The molecule has 3 aliphatic rings. The van der Waals surface area contributed by atoms with Gasteiger partial charge in [0.05, 0.1) is 30.4 Å². The van der Waals surface area contributed by atoms with Crippen LogP contribution in [0.1, 0.15) is 63.2 Å². The number of nitrogens with one attached hydrogen (secondary N) is 2. The van der Waals surface area contributed by atoms with Crippen LogP contribution in [0.3, 0.4) is 0 Å². The van der Waals surface area contributed by atoms with Gasteiger partial charge >= 0.3 is 6.03 Å². The Morgan fingerprint density at radius 1 is 1.00 bits per heavy atom. The van der Waals surface area contributed by atoms with E-state index in [0.717, 1.165) is 38.3 Å². The second-order valence-corrected chi connectivity index (χ2v) is 12.8. The van der Waals surface area contributed by atoms with Crippen molar-refractivity contribution in [1.29, 1.82) is 0 Å². The number of anilines is 2. The second-order valence-electron chi connectivity index (χ2n) is 12.8. The third kappa shape index (κ3) is 9.02. The minimum atomic E-state index is -0.471. The molecule has 2 aromatic carbocycles. The molecule has 3 N–H and O–H groups in total. The van der Waals surface area contributed by atoms with Gasteiger partial charge in [-0.25, -0.2) is 4.79 Å². The molecule has 3 amide bonds. The molecule has 2 aromatic rings. The molecule has 1 saturated carbocycles. The Kier molecular flexibility index (Phi) is 11.1. The molecular weight excluding hydrogens is 576 g/mol. The maximum absolute atomic E-state index is 14.3. The maximum Gasteiger partial charge on any atom is 0.323 e. The van der Waals surface area contributed by atoms with Crippen molar-refractivity contribution in [2.75, 3.05) is 57.3 Å². The Hall–Kier alpha value is -3.54. The predicted molar refractivity (Wildman–Crippen MR) is 172 cm³/mol. The lowest BCUT2D eigenvalue weighted by molar-refractivity contribution is -0.0172. The molecule has 45 heavy (non-hydrogen) atoms. The molecule has 0 aromatic heterocycles. The molecule has 0 saturated heterocycles. The number of aliphatic hydroxyl groups is 1. The molecule has 2 heterocycles. The summed E-state index contributed by atoms with van der Waals surface area (Å²) in [6.07, 6.45) is 5.07. The Morgan fingerprint density at radius 2 is 1.71 bits per heavy atom. The monoisotopic (exact) mass is 624 g/mol. The smallest absolute Gasteiger partial charge is 0.323 e. The van der Waals surface area contributed by atoms with Crippen molar-refractivity contribution in [2.45, 2.75) is 71.1 Å². The fourth-order valence-corrected chi connectivity index (χ4v) is 5.85. The summed E-state index contributed by atoms with van der Waals surface area (Å²) in [7, 11) is 2.14. The van der Waals surface area contributed by atoms with Gasteiger partial charge in [0.2, 0.25) is 6.79 Å². The molecule has 1 fully saturated rings. The molecule has 11 nitrogen and oxygen atoms in total. The lowest BCUT2D eigenvalue weighted by atomic mass is 10.0. The number of ether oxygens (including phenoxy) is 4. The normalized spacial score (nSPS) is 23.1. The largest absolute Gasteiger partial charge is 0.490 e. The molecule has 11 heteroatoms. The van der Waals surface area contributed by atoms with Crippen LogP contribution in [0.4, 0.5) is 16.2 Å². The minimum absolute atomic E-state index is 0.0182. The maximum atomic E-state index is 14.3. The minimum Gasteiger partial charge on any atom is -0.490 e. The van der Waals surface area contributed by atoms with Crippen LogP contribution in [-0.2, 0) is 4.74 Å². The summed E-state index contributed by atoms with van der Waals surface area (Å²) in [5.41, 5.74) is 1.31. The molecule has 1 aliphatic carbocycles. The number of urea groups is 1. The third-order valence-corrected chi connectivity index (χ3v) is 8.70. The van der Waals surface area contributed by atoms with E-state index >= 15 is 0 Å². The topological polar surface area (TPSA) is 122 Å². The number of fused-ring (bicyclic) bond motifs is 2. The first-order valence-electron chi connectivity index (χ1n) is 16.2. The van der Waals surface area contributed by atoms with E-state index in [9.17, 15) is 14.7 Å². The summed E-state index contributed by atoms with van der Waals surface area (Å²) in [4.78, 5) is 31.3. The second kappa shape index (κ2) is 15.2. The lowest BCUT2D eigenvalue weighted by Crippen LogP contribution is -2.47. The van der Waals surface area contributed by atoms with Gasteiger partial charge in [-0.15, -0.1) is 0 Å². The van der Waals surface area contributed by atoms with Crippen molar-refractivity contribution in [2.24, 2.45) is 11.8 Å². The van der Waals surface area contributed by atoms with Crippen molar-refractivity contribution >= 4 is 23.3 Å². The van der Waals surface area contributed by atoms with E-state index in [2.05, 4.69) is 29.5 Å². The predicted octanol–water partition coefficient (Wildman–Crippen LogP) is 5.20. The first-order chi connectivity index (χ1) is 21.7. The first-order valence-corrected chi connectivity index (χ1v) is 16.2. The van der Waals surface area contributed by atoms with E-state index in [-0.39, 0.29) is 37.4 Å². The standard InChI is InChI=1S/C34H48N4O7/c1-22-17-38(23(2)20-39)33(40)28-15-26(35-34(41)36-27-11-13-30-31(16-27)44-21-43-30)10-12-29(28)45-24(3)7-5-6-14-42-32(22)19-37(4)18-25-8-9-25/h10-13,15-16,22-25,32,39H,5-9,14,17-21H2,1-4H3,(H2,35,36,41)/t22-,23+,24+,32+/m0/s1. The number of carbonyl (C=O) groups excluding carboxylic acids is 2. The van der Waals surface area contributed by atoms with Crippen LogP contribution in [0.15, 0.2) is 36.4 Å². The lowest BCUT2D eigenvalue weighted by Gasteiger charge is -2.36. The quantitative estimate of drug-likeness (QED) is 0.367. The van der Waals surface area contributed by atoms with Gasteiger partial charge in [-0.1, -0.05) is 6.92 Å². The molecule has 0 spiro atoms. The fraction of sp³-hybridized carbons (Fsp3) is 0.588. The van der Waals surface area contributed by atoms with Crippen LogP contribution < -0.4 is 24.8 Å².